The van der Waals surface area contributed by atoms with E-state index < -0.39 is 0 Å². The maximum absolute atomic E-state index is 13.5. The number of rotatable bonds is 3. The minimum absolute atomic E-state index is 0.0872. The molecule has 0 saturated heterocycles. The topological polar surface area (TPSA) is 47.3 Å². The van der Waals surface area contributed by atoms with E-state index in [0.29, 0.717) is 17.2 Å². The summed E-state index contributed by atoms with van der Waals surface area (Å²) in [6, 6.07) is 12.0. The molecule has 1 aliphatic heterocycles. The highest BCUT2D eigenvalue weighted by molar-refractivity contribution is 6.31. The molecule has 0 fully saturated rings. The summed E-state index contributed by atoms with van der Waals surface area (Å²) < 4.78 is 19.3. The molecule has 5 heteroatoms. The maximum atomic E-state index is 13.5. The fourth-order valence-corrected chi connectivity index (χ4v) is 3.03. The first-order valence-electron chi connectivity index (χ1n) is 6.81. The largest absolute Gasteiger partial charge is 0.493 e. The van der Waals surface area contributed by atoms with E-state index in [-0.39, 0.29) is 17.8 Å². The van der Waals surface area contributed by atoms with Crippen LogP contribution in [0.2, 0.25) is 5.02 Å². The molecule has 2 unspecified atom stereocenters. The first kappa shape index (κ1) is 14.3. The highest BCUT2D eigenvalue weighted by atomic mass is 35.5. The van der Waals surface area contributed by atoms with Crippen LogP contribution in [0.15, 0.2) is 42.5 Å². The van der Waals surface area contributed by atoms with Crippen LogP contribution in [-0.4, -0.2) is 6.61 Å². The Morgan fingerprint density at radius 3 is 2.90 bits per heavy atom. The number of benzene rings is 2. The zero-order valence-corrected chi connectivity index (χ0v) is 12.1. The van der Waals surface area contributed by atoms with Gasteiger partial charge in [-0.3, -0.25) is 11.3 Å². The highest BCUT2D eigenvalue weighted by Crippen LogP contribution is 2.35. The van der Waals surface area contributed by atoms with Crippen molar-refractivity contribution in [3.63, 3.8) is 0 Å². The van der Waals surface area contributed by atoms with Crippen LogP contribution in [0.25, 0.3) is 0 Å². The number of hydrazine groups is 1. The summed E-state index contributed by atoms with van der Waals surface area (Å²) >= 11 is 6.19. The van der Waals surface area contributed by atoms with E-state index in [9.17, 15) is 4.39 Å². The highest BCUT2D eigenvalue weighted by Gasteiger charge is 2.29. The molecule has 0 aromatic heterocycles. The number of para-hydroxylation sites is 1. The van der Waals surface area contributed by atoms with Gasteiger partial charge in [0.1, 0.15) is 11.6 Å². The molecule has 0 aliphatic carbocycles. The van der Waals surface area contributed by atoms with E-state index in [1.54, 1.807) is 6.07 Å². The normalized spacial score (nSPS) is 18.7. The van der Waals surface area contributed by atoms with Gasteiger partial charge in [-0.25, -0.2) is 4.39 Å². The van der Waals surface area contributed by atoms with E-state index in [0.717, 1.165) is 17.7 Å². The van der Waals surface area contributed by atoms with Crippen LogP contribution in [-0.2, 0) is 6.42 Å². The first-order valence-corrected chi connectivity index (χ1v) is 7.18. The van der Waals surface area contributed by atoms with E-state index >= 15 is 0 Å². The number of nitrogens with two attached hydrogens (primary N) is 1. The molecule has 3 N–H and O–H groups in total. The first-order chi connectivity index (χ1) is 10.2. The summed E-state index contributed by atoms with van der Waals surface area (Å²) in [6.45, 7) is 0.513. The molecule has 0 radical (unpaired) electrons. The monoisotopic (exact) mass is 306 g/mol. The predicted octanol–water partition coefficient (Wildman–Crippen LogP) is 3.23. The number of hydrogen-bond donors (Lipinski definition) is 2. The maximum Gasteiger partial charge on any atom is 0.123 e. The van der Waals surface area contributed by atoms with Crippen molar-refractivity contribution < 1.29 is 9.13 Å². The average Bonchev–Trinajstić information content (AvgIpc) is 2.51. The minimum atomic E-state index is -0.327. The van der Waals surface area contributed by atoms with Crippen LogP contribution in [0.4, 0.5) is 4.39 Å². The second kappa shape index (κ2) is 6.02. The van der Waals surface area contributed by atoms with Crippen LogP contribution in [0, 0.1) is 11.7 Å². The molecule has 3 rings (SSSR count). The van der Waals surface area contributed by atoms with E-state index in [1.165, 1.54) is 12.1 Å². The Labute approximate surface area is 127 Å². The van der Waals surface area contributed by atoms with Gasteiger partial charge >= 0.3 is 0 Å². The van der Waals surface area contributed by atoms with Gasteiger partial charge in [-0.05, 0) is 41.8 Å². The number of halogens is 2. The lowest BCUT2D eigenvalue weighted by molar-refractivity contribution is 0.185. The molecule has 1 heterocycles. The van der Waals surface area contributed by atoms with E-state index in [1.807, 2.05) is 24.3 Å². The lowest BCUT2D eigenvalue weighted by atomic mass is 9.87. The fraction of sp³-hybridized carbons (Fsp3) is 0.250. The molecule has 21 heavy (non-hydrogen) atoms. The van der Waals surface area contributed by atoms with Gasteiger partial charge in [0.05, 0.1) is 12.6 Å². The van der Waals surface area contributed by atoms with Gasteiger partial charge in [0, 0.05) is 10.9 Å². The number of hydrogen-bond acceptors (Lipinski definition) is 3. The number of ether oxygens (including phenoxy) is 1. The van der Waals surface area contributed by atoms with Gasteiger partial charge in [0.2, 0.25) is 0 Å². The molecule has 3 nitrogen and oxygen atoms in total. The summed E-state index contributed by atoms with van der Waals surface area (Å²) in [7, 11) is 0. The Morgan fingerprint density at radius 2 is 2.10 bits per heavy atom. The third kappa shape index (κ3) is 2.88. The summed E-state index contributed by atoms with van der Waals surface area (Å²) in [5.74, 6) is 6.35. The van der Waals surface area contributed by atoms with Crippen LogP contribution in [0.3, 0.4) is 0 Å². The van der Waals surface area contributed by atoms with E-state index in [2.05, 4.69) is 5.43 Å². The quantitative estimate of drug-likeness (QED) is 0.676. The second-order valence-electron chi connectivity index (χ2n) is 5.19. The molecular formula is C16H16ClFN2O. The van der Waals surface area contributed by atoms with Crippen LogP contribution in [0.1, 0.15) is 17.2 Å². The predicted molar refractivity (Wildman–Crippen MR) is 80.6 cm³/mol. The smallest absolute Gasteiger partial charge is 0.123 e. The van der Waals surface area contributed by atoms with Crippen LogP contribution < -0.4 is 16.0 Å². The number of nitrogens with one attached hydrogen (secondary N) is 1. The van der Waals surface area contributed by atoms with Crippen molar-refractivity contribution in [2.75, 3.05) is 6.61 Å². The summed E-state index contributed by atoms with van der Waals surface area (Å²) in [5, 5.41) is 0.498. The molecule has 110 valence electrons. The Hall–Kier alpha value is -1.62. The van der Waals surface area contributed by atoms with Gasteiger partial charge in [-0.2, -0.15) is 0 Å². The molecule has 0 amide bonds. The Balaban J connectivity index is 1.90. The van der Waals surface area contributed by atoms with Gasteiger partial charge in [-0.1, -0.05) is 29.8 Å². The molecule has 2 aromatic rings. The Morgan fingerprint density at radius 1 is 1.29 bits per heavy atom. The van der Waals surface area contributed by atoms with Crippen LogP contribution in [0.5, 0.6) is 5.75 Å². The van der Waals surface area contributed by atoms with Crippen molar-refractivity contribution in [1.29, 1.82) is 0 Å². The molecule has 2 atom stereocenters. The zero-order chi connectivity index (χ0) is 14.8. The molecule has 0 spiro atoms. The van der Waals surface area contributed by atoms with Gasteiger partial charge in [0.25, 0.3) is 0 Å². The lowest BCUT2D eigenvalue weighted by Crippen LogP contribution is -2.38. The molecule has 2 aromatic carbocycles. The standard InChI is InChI=1S/C16H16ClFN2O/c17-14-6-5-12(18)8-13(14)16(20-19)11-7-10-3-1-2-4-15(10)21-9-11/h1-6,8,11,16,20H,7,9,19H2. The lowest BCUT2D eigenvalue weighted by Gasteiger charge is -2.32. The van der Waals surface area contributed by atoms with Crippen molar-refractivity contribution in [2.24, 2.45) is 11.8 Å². The van der Waals surface area contributed by atoms with Crippen molar-refractivity contribution in [2.45, 2.75) is 12.5 Å². The third-order valence-corrected chi connectivity index (χ3v) is 4.20. The SMILES string of the molecule is NNC(c1cc(F)ccc1Cl)C1COc2ccccc2C1. The number of fused-ring (bicyclic) bond motifs is 1. The molecular weight excluding hydrogens is 291 g/mol. The van der Waals surface area contributed by atoms with Gasteiger partial charge in [0.15, 0.2) is 0 Å². The van der Waals surface area contributed by atoms with Crippen LogP contribution >= 0.6 is 11.6 Å². The molecule has 0 saturated carbocycles. The van der Waals surface area contributed by atoms with E-state index in [4.69, 9.17) is 22.2 Å². The fourth-order valence-electron chi connectivity index (χ4n) is 2.80. The summed E-state index contributed by atoms with van der Waals surface area (Å²) in [5.41, 5.74) is 4.54. The zero-order valence-electron chi connectivity index (χ0n) is 11.4. The average molecular weight is 307 g/mol. The Bertz CT molecular complexity index is 650. The minimum Gasteiger partial charge on any atom is -0.493 e. The van der Waals surface area contributed by atoms with Gasteiger partial charge in [-0.15, -0.1) is 0 Å². The molecule has 0 bridgehead atoms. The van der Waals surface area contributed by atoms with Crippen molar-refractivity contribution in [3.05, 3.63) is 64.4 Å². The third-order valence-electron chi connectivity index (χ3n) is 3.85. The summed E-state index contributed by atoms with van der Waals surface area (Å²) in [4.78, 5) is 0. The van der Waals surface area contributed by atoms with Crippen molar-refractivity contribution in [1.82, 2.24) is 5.43 Å². The second-order valence-corrected chi connectivity index (χ2v) is 5.60. The molecule has 1 aliphatic rings. The van der Waals surface area contributed by atoms with Crippen molar-refractivity contribution >= 4 is 11.6 Å². The Kier molecular flexibility index (Phi) is 4.10. The van der Waals surface area contributed by atoms with Crippen molar-refractivity contribution in [3.8, 4) is 5.75 Å². The summed E-state index contributed by atoms with van der Waals surface area (Å²) in [6.07, 6.45) is 0.803. The van der Waals surface area contributed by atoms with Gasteiger partial charge < -0.3 is 4.74 Å².